The van der Waals surface area contributed by atoms with Crippen molar-refractivity contribution in [2.24, 2.45) is 0 Å². The number of fused-ring (bicyclic) bond motifs is 1. The number of ether oxygens (including phenoxy) is 1. The monoisotopic (exact) mass is 381 g/mol. The van der Waals surface area contributed by atoms with E-state index in [-0.39, 0.29) is 6.61 Å². The Hall–Kier alpha value is -1.72. The van der Waals surface area contributed by atoms with Gasteiger partial charge in [0.15, 0.2) is 28.4 Å². The minimum atomic E-state index is -1.20. The molecule has 0 saturated carbocycles. The molecule has 2 aromatic heterocycles. The number of aliphatic hydroxyl groups excluding tert-OH is 3. The van der Waals surface area contributed by atoms with Crippen LogP contribution in [-0.2, 0) is 4.74 Å². The summed E-state index contributed by atoms with van der Waals surface area (Å²) in [5.74, 6) is 0.589. The van der Waals surface area contributed by atoms with Gasteiger partial charge in [0, 0.05) is 6.54 Å². The molecule has 9 nitrogen and oxygen atoms in total. The summed E-state index contributed by atoms with van der Waals surface area (Å²) in [6, 6.07) is 0. The van der Waals surface area contributed by atoms with Gasteiger partial charge in [0.25, 0.3) is 0 Å². The summed E-state index contributed by atoms with van der Waals surface area (Å²) in [5.41, 5.74) is 2.09. The van der Waals surface area contributed by atoms with Gasteiger partial charge in [-0.3, -0.25) is 4.57 Å². The fourth-order valence-electron chi connectivity index (χ4n) is 2.80. The van der Waals surface area contributed by atoms with E-state index < -0.39 is 24.5 Å². The normalized spacial score (nSPS) is 25.7. The van der Waals surface area contributed by atoms with Gasteiger partial charge in [-0.1, -0.05) is 17.3 Å². The smallest absolute Gasteiger partial charge is 0.191 e. The number of anilines is 1. The molecule has 0 aliphatic carbocycles. The first-order chi connectivity index (χ1) is 12.5. The second-order valence-corrected chi connectivity index (χ2v) is 7.02. The molecule has 26 heavy (non-hydrogen) atoms. The van der Waals surface area contributed by atoms with Crippen LogP contribution in [0.15, 0.2) is 23.6 Å². The van der Waals surface area contributed by atoms with Crippen molar-refractivity contribution in [1.29, 1.82) is 0 Å². The lowest BCUT2D eigenvalue weighted by Crippen LogP contribution is -2.33. The second kappa shape index (κ2) is 7.89. The van der Waals surface area contributed by atoms with Crippen molar-refractivity contribution in [3.8, 4) is 0 Å². The number of aromatic nitrogens is 4. The number of rotatable bonds is 7. The number of nitrogens with zero attached hydrogens (tertiary/aromatic N) is 4. The highest BCUT2D eigenvalue weighted by atomic mass is 32.2. The topological polar surface area (TPSA) is 126 Å². The minimum absolute atomic E-state index is 0.389. The second-order valence-electron chi connectivity index (χ2n) is 6.25. The molecule has 4 N–H and O–H groups in total. The van der Waals surface area contributed by atoms with Crippen LogP contribution in [0.25, 0.3) is 11.2 Å². The van der Waals surface area contributed by atoms with Crippen molar-refractivity contribution in [3.05, 3.63) is 18.5 Å². The molecule has 3 rings (SSSR count). The van der Waals surface area contributed by atoms with E-state index >= 15 is 0 Å². The molecule has 142 valence electrons. The Bertz CT molecular complexity index is 798. The number of imidazole rings is 1. The van der Waals surface area contributed by atoms with Gasteiger partial charge in [0.05, 0.1) is 12.9 Å². The average Bonchev–Trinajstić information content (AvgIpc) is 3.16. The predicted molar refractivity (Wildman–Crippen MR) is 98.0 cm³/mol. The van der Waals surface area contributed by atoms with Crippen LogP contribution in [0, 0.1) is 0 Å². The first kappa shape index (κ1) is 19.1. The molecule has 1 aliphatic heterocycles. The highest BCUT2D eigenvalue weighted by Crippen LogP contribution is 2.33. The summed E-state index contributed by atoms with van der Waals surface area (Å²) >= 11 is 1.39. The van der Waals surface area contributed by atoms with Crippen molar-refractivity contribution in [2.45, 2.75) is 43.0 Å². The lowest BCUT2D eigenvalue weighted by molar-refractivity contribution is -0.0511. The molecule has 0 spiro atoms. The van der Waals surface area contributed by atoms with Crippen molar-refractivity contribution < 1.29 is 20.1 Å². The summed E-state index contributed by atoms with van der Waals surface area (Å²) in [5, 5.41) is 33.3. The van der Waals surface area contributed by atoms with Crippen molar-refractivity contribution in [3.63, 3.8) is 0 Å². The Morgan fingerprint density at radius 3 is 2.77 bits per heavy atom. The average molecular weight is 381 g/mol. The SMILES string of the molecule is C=C(C)CCNc1nc(SC)nc2c1ncn2[C@@H]1O[C@H](CO)[C@@H](O)[C@H]1O. The van der Waals surface area contributed by atoms with Gasteiger partial charge in [-0.25, -0.2) is 15.0 Å². The van der Waals surface area contributed by atoms with Gasteiger partial charge in [-0.15, -0.1) is 6.58 Å². The molecule has 1 fully saturated rings. The van der Waals surface area contributed by atoms with Crippen molar-refractivity contribution >= 4 is 28.7 Å². The molecule has 1 aliphatic rings. The zero-order valence-electron chi connectivity index (χ0n) is 14.7. The molecule has 10 heteroatoms. The van der Waals surface area contributed by atoms with Gasteiger partial charge in [-0.2, -0.15) is 0 Å². The van der Waals surface area contributed by atoms with Crippen LogP contribution < -0.4 is 5.32 Å². The van der Waals surface area contributed by atoms with Gasteiger partial charge in [0.2, 0.25) is 0 Å². The van der Waals surface area contributed by atoms with E-state index in [9.17, 15) is 15.3 Å². The van der Waals surface area contributed by atoms with Gasteiger partial charge in [-0.05, 0) is 19.6 Å². The number of thioether (sulfide) groups is 1. The zero-order chi connectivity index (χ0) is 18.8. The van der Waals surface area contributed by atoms with E-state index in [2.05, 4.69) is 26.8 Å². The van der Waals surface area contributed by atoms with E-state index in [0.717, 1.165) is 12.0 Å². The standard InChI is InChI=1S/C16H23N5O4S/c1-8(2)4-5-17-13-10-14(20-16(19-13)26-3)21(7-18-10)15-12(24)11(23)9(6-22)25-15/h7,9,11-12,15,22-24H,1,4-6H2,2-3H3,(H,17,19,20)/t9-,11-,12-,15-/m1/s1. The Balaban J connectivity index is 1.96. The Labute approximate surface area is 155 Å². The molecule has 2 aromatic rings. The molecular weight excluding hydrogens is 358 g/mol. The lowest BCUT2D eigenvalue weighted by Gasteiger charge is -2.17. The predicted octanol–water partition coefficient (Wildman–Crippen LogP) is 0.538. The van der Waals surface area contributed by atoms with E-state index in [0.29, 0.717) is 28.7 Å². The maximum Gasteiger partial charge on any atom is 0.191 e. The maximum absolute atomic E-state index is 10.3. The maximum atomic E-state index is 10.3. The van der Waals surface area contributed by atoms with Crippen LogP contribution in [0.2, 0.25) is 0 Å². The molecule has 0 bridgehead atoms. The molecular formula is C16H23N5O4S. The lowest BCUT2D eigenvalue weighted by atomic mass is 10.1. The fourth-order valence-corrected chi connectivity index (χ4v) is 3.16. The quantitative estimate of drug-likeness (QED) is 0.309. The third-order valence-electron chi connectivity index (χ3n) is 4.22. The highest BCUT2D eigenvalue weighted by Gasteiger charge is 2.44. The molecule has 0 radical (unpaired) electrons. The first-order valence-corrected chi connectivity index (χ1v) is 9.48. The molecule has 0 aromatic carbocycles. The van der Waals surface area contributed by atoms with E-state index in [1.807, 2.05) is 13.2 Å². The van der Waals surface area contributed by atoms with Crippen LogP contribution in [0.5, 0.6) is 0 Å². The summed E-state index contributed by atoms with van der Waals surface area (Å²) in [4.78, 5) is 13.3. The van der Waals surface area contributed by atoms with Crippen LogP contribution in [0.3, 0.4) is 0 Å². The zero-order valence-corrected chi connectivity index (χ0v) is 15.5. The minimum Gasteiger partial charge on any atom is -0.394 e. The Morgan fingerprint density at radius 1 is 1.38 bits per heavy atom. The summed E-state index contributed by atoms with van der Waals surface area (Å²) in [6.45, 7) is 6.12. The van der Waals surface area contributed by atoms with Gasteiger partial charge in [0.1, 0.15) is 18.3 Å². The van der Waals surface area contributed by atoms with Gasteiger partial charge >= 0.3 is 0 Å². The molecule has 0 unspecified atom stereocenters. The fraction of sp³-hybridized carbons (Fsp3) is 0.562. The first-order valence-electron chi connectivity index (χ1n) is 8.25. The van der Waals surface area contributed by atoms with Crippen molar-refractivity contribution in [2.75, 3.05) is 24.7 Å². The van der Waals surface area contributed by atoms with Crippen LogP contribution >= 0.6 is 11.8 Å². The third kappa shape index (κ3) is 3.55. The van der Waals surface area contributed by atoms with Crippen LogP contribution in [-0.4, -0.2) is 72.6 Å². The molecule has 3 heterocycles. The highest BCUT2D eigenvalue weighted by molar-refractivity contribution is 7.98. The van der Waals surface area contributed by atoms with Crippen molar-refractivity contribution in [1.82, 2.24) is 19.5 Å². The van der Waals surface area contributed by atoms with E-state index in [1.54, 1.807) is 4.57 Å². The summed E-state index contributed by atoms with van der Waals surface area (Å²) < 4.78 is 7.15. The largest absolute Gasteiger partial charge is 0.394 e. The molecule has 0 amide bonds. The third-order valence-corrected chi connectivity index (χ3v) is 4.77. The number of hydrogen-bond donors (Lipinski definition) is 4. The number of nitrogens with one attached hydrogen (secondary N) is 1. The molecule has 1 saturated heterocycles. The Morgan fingerprint density at radius 2 is 2.15 bits per heavy atom. The van der Waals surface area contributed by atoms with Gasteiger partial charge < -0.3 is 25.4 Å². The summed E-state index contributed by atoms with van der Waals surface area (Å²) in [6.07, 6.45) is 0.0343. The van der Waals surface area contributed by atoms with E-state index in [4.69, 9.17) is 4.74 Å². The van der Waals surface area contributed by atoms with Crippen LogP contribution in [0.1, 0.15) is 19.6 Å². The number of aliphatic hydroxyl groups is 3. The van der Waals surface area contributed by atoms with E-state index in [1.165, 1.54) is 18.1 Å². The molecule has 4 atom stereocenters. The summed E-state index contributed by atoms with van der Waals surface area (Å²) in [7, 11) is 0. The Kier molecular flexibility index (Phi) is 5.78. The number of hydrogen-bond acceptors (Lipinski definition) is 9. The van der Waals surface area contributed by atoms with Crippen LogP contribution in [0.4, 0.5) is 5.82 Å².